The maximum Gasteiger partial charge on any atom is 0.292 e. The van der Waals surface area contributed by atoms with Crippen LogP contribution in [0.15, 0.2) is 52.4 Å². The molecule has 0 unspecified atom stereocenters. The van der Waals surface area contributed by atoms with Gasteiger partial charge in [0.1, 0.15) is 11.5 Å². The number of aromatic nitrogens is 2. The Bertz CT molecular complexity index is 1120. The topological polar surface area (TPSA) is 94.8 Å². The van der Waals surface area contributed by atoms with Crippen molar-refractivity contribution in [3.05, 3.63) is 64.1 Å². The number of nitrogens with one attached hydrogen (secondary N) is 1. The van der Waals surface area contributed by atoms with Crippen LogP contribution in [-0.2, 0) is 6.54 Å². The van der Waals surface area contributed by atoms with Gasteiger partial charge in [0.15, 0.2) is 5.69 Å². The third-order valence-electron chi connectivity index (χ3n) is 4.56. The Morgan fingerprint density at radius 2 is 1.80 bits per heavy atom. The van der Waals surface area contributed by atoms with E-state index >= 15 is 0 Å². The second-order valence-electron chi connectivity index (χ2n) is 6.62. The Morgan fingerprint density at radius 3 is 2.43 bits per heavy atom. The molecule has 0 spiro atoms. The molecule has 1 aromatic heterocycles. The molecule has 1 heterocycles. The average molecular weight is 408 g/mol. The van der Waals surface area contributed by atoms with Gasteiger partial charge in [0.05, 0.1) is 25.8 Å². The van der Waals surface area contributed by atoms with Crippen LogP contribution in [0.5, 0.6) is 11.5 Å². The fourth-order valence-electron chi connectivity index (χ4n) is 2.98. The van der Waals surface area contributed by atoms with Crippen LogP contribution in [-0.4, -0.2) is 36.1 Å². The van der Waals surface area contributed by atoms with E-state index in [1.165, 1.54) is 10.9 Å². The number of unbranched alkanes of at least 4 members (excludes halogenated alkanes) is 1. The number of nitrogens with zero attached hydrogens (tertiary/aromatic N) is 3. The maximum atomic E-state index is 12.8. The second kappa shape index (κ2) is 9.69. The molecule has 30 heavy (non-hydrogen) atoms. The number of fused-ring (bicyclic) bond motifs is 1. The fraction of sp³-hybridized carbons (Fsp3) is 0.273. The molecule has 0 aliphatic carbocycles. The Morgan fingerprint density at radius 1 is 1.13 bits per heavy atom. The first kappa shape index (κ1) is 21.0. The summed E-state index contributed by atoms with van der Waals surface area (Å²) < 4.78 is 11.8. The quantitative estimate of drug-likeness (QED) is 0.457. The largest absolute Gasteiger partial charge is 0.497 e. The molecule has 3 aromatic rings. The van der Waals surface area contributed by atoms with Crippen LogP contribution >= 0.6 is 0 Å². The van der Waals surface area contributed by atoms with Crippen molar-refractivity contribution in [2.24, 2.45) is 5.10 Å². The summed E-state index contributed by atoms with van der Waals surface area (Å²) in [5.74, 6) is 0.720. The summed E-state index contributed by atoms with van der Waals surface area (Å²) in [6, 6.07) is 12.2. The molecule has 0 saturated heterocycles. The van der Waals surface area contributed by atoms with Crippen molar-refractivity contribution in [1.29, 1.82) is 0 Å². The Labute approximate surface area is 174 Å². The van der Waals surface area contributed by atoms with Crippen LogP contribution in [0.25, 0.3) is 10.8 Å². The molecule has 2 aromatic carbocycles. The van der Waals surface area contributed by atoms with Crippen molar-refractivity contribution in [2.75, 3.05) is 14.2 Å². The molecule has 8 nitrogen and oxygen atoms in total. The number of hydrogen-bond donors (Lipinski definition) is 1. The average Bonchev–Trinajstić information content (AvgIpc) is 2.78. The van der Waals surface area contributed by atoms with E-state index in [1.807, 2.05) is 6.92 Å². The molecule has 3 rings (SSSR count). The molecular formula is C22H24N4O4. The highest BCUT2D eigenvalue weighted by atomic mass is 16.5. The summed E-state index contributed by atoms with van der Waals surface area (Å²) in [5, 5.41) is 9.27. The molecule has 1 amide bonds. The van der Waals surface area contributed by atoms with Crippen molar-refractivity contribution < 1.29 is 14.3 Å². The molecule has 0 fully saturated rings. The molecule has 156 valence electrons. The zero-order valence-corrected chi connectivity index (χ0v) is 17.2. The minimum atomic E-state index is -0.498. The SMILES string of the molecule is CCCCn1nc(C(=O)N/N=C\c2cc(OC)cc(OC)c2)c2ccccc2c1=O. The zero-order chi connectivity index (χ0) is 21.5. The summed E-state index contributed by atoms with van der Waals surface area (Å²) in [7, 11) is 3.11. The maximum absolute atomic E-state index is 12.8. The van der Waals surface area contributed by atoms with Gasteiger partial charge in [-0.05, 0) is 24.6 Å². The van der Waals surface area contributed by atoms with E-state index < -0.39 is 5.91 Å². The van der Waals surface area contributed by atoms with E-state index in [2.05, 4.69) is 15.6 Å². The van der Waals surface area contributed by atoms with Crippen LogP contribution in [0.1, 0.15) is 35.8 Å². The van der Waals surface area contributed by atoms with E-state index in [1.54, 1.807) is 56.7 Å². The van der Waals surface area contributed by atoms with E-state index in [0.29, 0.717) is 34.4 Å². The molecule has 1 N–H and O–H groups in total. The Kier molecular flexibility index (Phi) is 6.79. The monoisotopic (exact) mass is 408 g/mol. The molecular weight excluding hydrogens is 384 g/mol. The predicted molar refractivity (Wildman–Crippen MR) is 116 cm³/mol. The van der Waals surface area contributed by atoms with Crippen molar-refractivity contribution >= 4 is 22.9 Å². The molecule has 0 atom stereocenters. The summed E-state index contributed by atoms with van der Waals surface area (Å²) in [5.41, 5.74) is 3.13. The number of hydrazone groups is 1. The molecule has 0 aliphatic rings. The smallest absolute Gasteiger partial charge is 0.292 e. The van der Waals surface area contributed by atoms with Gasteiger partial charge in [-0.1, -0.05) is 31.5 Å². The highest BCUT2D eigenvalue weighted by molar-refractivity contribution is 6.05. The summed E-state index contributed by atoms with van der Waals surface area (Å²) >= 11 is 0. The Balaban J connectivity index is 1.89. The van der Waals surface area contributed by atoms with Crippen molar-refractivity contribution in [3.8, 4) is 11.5 Å². The summed E-state index contributed by atoms with van der Waals surface area (Å²) in [6.45, 7) is 2.48. The van der Waals surface area contributed by atoms with Gasteiger partial charge in [0.2, 0.25) is 0 Å². The zero-order valence-electron chi connectivity index (χ0n) is 17.2. The normalized spacial score (nSPS) is 11.0. The minimum absolute atomic E-state index is 0.154. The lowest BCUT2D eigenvalue weighted by Gasteiger charge is -2.09. The van der Waals surface area contributed by atoms with Crippen LogP contribution in [0.4, 0.5) is 0 Å². The number of benzene rings is 2. The highest BCUT2D eigenvalue weighted by Gasteiger charge is 2.16. The van der Waals surface area contributed by atoms with Crippen LogP contribution < -0.4 is 20.5 Å². The minimum Gasteiger partial charge on any atom is -0.497 e. The number of aryl methyl sites for hydroxylation is 1. The predicted octanol–water partition coefficient (Wildman–Crippen LogP) is 2.98. The molecule has 0 radical (unpaired) electrons. The summed E-state index contributed by atoms with van der Waals surface area (Å²) in [6.07, 6.45) is 3.19. The molecule has 0 aliphatic heterocycles. The molecule has 0 saturated carbocycles. The molecule has 8 heteroatoms. The first-order chi connectivity index (χ1) is 14.6. The van der Waals surface area contributed by atoms with Crippen molar-refractivity contribution in [2.45, 2.75) is 26.3 Å². The van der Waals surface area contributed by atoms with Gasteiger partial charge >= 0.3 is 0 Å². The molecule has 0 bridgehead atoms. The first-order valence-electron chi connectivity index (χ1n) is 9.63. The first-order valence-corrected chi connectivity index (χ1v) is 9.63. The van der Waals surface area contributed by atoms with Crippen molar-refractivity contribution in [3.63, 3.8) is 0 Å². The van der Waals surface area contributed by atoms with Gasteiger partial charge in [0, 0.05) is 23.6 Å². The van der Waals surface area contributed by atoms with Crippen molar-refractivity contribution in [1.82, 2.24) is 15.2 Å². The van der Waals surface area contributed by atoms with Crippen LogP contribution in [0.3, 0.4) is 0 Å². The van der Waals surface area contributed by atoms with Gasteiger partial charge < -0.3 is 9.47 Å². The number of carbonyl (C=O) groups excluding carboxylic acids is 1. The highest BCUT2D eigenvalue weighted by Crippen LogP contribution is 2.21. The summed E-state index contributed by atoms with van der Waals surface area (Å²) in [4.78, 5) is 25.4. The number of methoxy groups -OCH3 is 2. The van der Waals surface area contributed by atoms with Gasteiger partial charge in [-0.3, -0.25) is 9.59 Å². The number of carbonyl (C=O) groups is 1. The van der Waals surface area contributed by atoms with E-state index in [9.17, 15) is 9.59 Å². The Hall–Kier alpha value is -3.68. The second-order valence-corrected chi connectivity index (χ2v) is 6.62. The van der Waals surface area contributed by atoms with Gasteiger partial charge in [0.25, 0.3) is 11.5 Å². The van der Waals surface area contributed by atoms with Gasteiger partial charge in [-0.25, -0.2) is 10.1 Å². The number of hydrogen-bond acceptors (Lipinski definition) is 6. The van der Waals surface area contributed by atoms with E-state index in [4.69, 9.17) is 9.47 Å². The lowest BCUT2D eigenvalue weighted by atomic mass is 10.1. The van der Waals surface area contributed by atoms with Crippen LogP contribution in [0, 0.1) is 0 Å². The number of amides is 1. The standard InChI is InChI=1S/C22H24N4O4/c1-4-5-10-26-22(28)19-9-7-6-8-18(19)20(25-26)21(27)24-23-14-15-11-16(29-2)13-17(12-15)30-3/h6-9,11-14H,4-5,10H2,1-3H3,(H,24,27)/b23-14-. The lowest BCUT2D eigenvalue weighted by molar-refractivity contribution is 0.0949. The van der Waals surface area contributed by atoms with Crippen LogP contribution in [0.2, 0.25) is 0 Å². The lowest BCUT2D eigenvalue weighted by Crippen LogP contribution is -2.29. The van der Waals surface area contributed by atoms with E-state index in [0.717, 1.165) is 12.8 Å². The fourth-order valence-corrected chi connectivity index (χ4v) is 2.98. The third-order valence-corrected chi connectivity index (χ3v) is 4.56. The van der Waals surface area contributed by atoms with Gasteiger partial charge in [-0.15, -0.1) is 0 Å². The number of ether oxygens (including phenoxy) is 2. The third kappa shape index (κ3) is 4.65. The van der Waals surface area contributed by atoms with Gasteiger partial charge in [-0.2, -0.15) is 10.2 Å². The van der Waals surface area contributed by atoms with E-state index in [-0.39, 0.29) is 11.3 Å². The number of rotatable bonds is 8.